The molecule has 0 saturated carbocycles. The fourth-order valence-corrected chi connectivity index (χ4v) is 2.03. The predicted octanol–water partition coefficient (Wildman–Crippen LogP) is 1.80. The van der Waals surface area contributed by atoms with E-state index in [1.54, 1.807) is 0 Å². The number of unbranched alkanes of at least 4 members (excludes halogenated alkanes) is 8. The van der Waals surface area contributed by atoms with E-state index < -0.39 is 26.0 Å². The van der Waals surface area contributed by atoms with Crippen molar-refractivity contribution < 1.29 is 29.3 Å². The van der Waals surface area contributed by atoms with E-state index in [0.717, 1.165) is 19.3 Å². The van der Waals surface area contributed by atoms with Crippen LogP contribution in [0, 0.1) is 0 Å². The molecule has 0 aliphatic heterocycles. The molecule has 0 rings (SSSR count). The Morgan fingerprint density at radius 3 is 2.14 bits per heavy atom. The summed E-state index contributed by atoms with van der Waals surface area (Å²) >= 11 is 0. The maximum Gasteiger partial charge on any atom is 0.712 e. The topological polar surface area (TPSA) is 96.2 Å². The summed E-state index contributed by atoms with van der Waals surface area (Å²) in [7, 11) is -1.69. The first-order valence-corrected chi connectivity index (χ1v) is 8.38. The van der Waals surface area contributed by atoms with Crippen molar-refractivity contribution in [1.82, 2.24) is 0 Å². The highest BCUT2D eigenvalue weighted by molar-refractivity contribution is 6.37. The Morgan fingerprint density at radius 2 is 1.59 bits per heavy atom. The number of hydrogen-bond donors (Lipinski definition) is 3. The highest BCUT2D eigenvalue weighted by Crippen LogP contribution is 2.10. The molecule has 0 saturated heterocycles. The van der Waals surface area contributed by atoms with Gasteiger partial charge in [-0.2, -0.15) is 0 Å². The standard InChI is InChI=1S/C15H31BO6/c1-2-3-4-5-6-7-8-9-10-11-15(19)22-16(20)21-13-14(18)12-17/h14,17-18,20H,2-13H2,1H3. The van der Waals surface area contributed by atoms with E-state index in [-0.39, 0.29) is 13.0 Å². The summed E-state index contributed by atoms with van der Waals surface area (Å²) in [5.74, 6) is -0.520. The number of carbonyl (C=O) groups excluding carboxylic acids is 1. The van der Waals surface area contributed by atoms with Gasteiger partial charge in [0.05, 0.1) is 19.3 Å². The highest BCUT2D eigenvalue weighted by atomic mass is 16.7. The van der Waals surface area contributed by atoms with Crippen molar-refractivity contribution in [2.45, 2.75) is 77.2 Å². The second-order valence-corrected chi connectivity index (χ2v) is 5.55. The first-order chi connectivity index (χ1) is 10.6. The van der Waals surface area contributed by atoms with E-state index in [0.29, 0.717) is 0 Å². The van der Waals surface area contributed by atoms with Crippen LogP contribution >= 0.6 is 0 Å². The van der Waals surface area contributed by atoms with Crippen molar-refractivity contribution in [3.05, 3.63) is 0 Å². The molecule has 0 aromatic rings. The Morgan fingerprint density at radius 1 is 1.05 bits per heavy atom. The lowest BCUT2D eigenvalue weighted by Gasteiger charge is -2.11. The molecule has 0 aliphatic carbocycles. The van der Waals surface area contributed by atoms with Gasteiger partial charge in [-0.15, -0.1) is 0 Å². The zero-order valence-corrected chi connectivity index (χ0v) is 13.7. The van der Waals surface area contributed by atoms with Crippen LogP contribution in [-0.2, 0) is 14.1 Å². The average Bonchev–Trinajstić information content (AvgIpc) is 2.50. The lowest BCUT2D eigenvalue weighted by atomic mass is 10.1. The molecule has 6 nitrogen and oxygen atoms in total. The van der Waals surface area contributed by atoms with Gasteiger partial charge >= 0.3 is 7.32 Å². The number of rotatable bonds is 15. The maximum absolute atomic E-state index is 11.4. The fraction of sp³-hybridized carbons (Fsp3) is 0.933. The van der Waals surface area contributed by atoms with Crippen LogP contribution in [0.1, 0.15) is 71.1 Å². The van der Waals surface area contributed by atoms with E-state index in [1.165, 1.54) is 38.5 Å². The van der Waals surface area contributed by atoms with E-state index in [9.17, 15) is 9.82 Å². The molecule has 0 heterocycles. The minimum Gasteiger partial charge on any atom is -0.485 e. The zero-order chi connectivity index (χ0) is 16.6. The third-order valence-corrected chi connectivity index (χ3v) is 3.36. The molecule has 0 aliphatic rings. The quantitative estimate of drug-likeness (QED) is 0.315. The molecule has 1 unspecified atom stereocenters. The zero-order valence-electron chi connectivity index (χ0n) is 13.7. The summed E-state index contributed by atoms with van der Waals surface area (Å²) in [6.45, 7) is 1.44. The van der Waals surface area contributed by atoms with Crippen molar-refractivity contribution in [3.8, 4) is 0 Å². The second kappa shape index (κ2) is 15.3. The van der Waals surface area contributed by atoms with Gasteiger partial charge in [0.1, 0.15) is 0 Å². The number of aliphatic hydroxyl groups is 2. The minimum absolute atomic E-state index is 0.249. The monoisotopic (exact) mass is 318 g/mol. The van der Waals surface area contributed by atoms with Crippen molar-refractivity contribution >= 4 is 13.3 Å². The molecule has 7 heteroatoms. The summed E-state index contributed by atoms with van der Waals surface area (Å²) in [5, 5.41) is 26.8. The molecule has 22 heavy (non-hydrogen) atoms. The van der Waals surface area contributed by atoms with Crippen LogP contribution in [0.5, 0.6) is 0 Å². The summed E-state index contributed by atoms with van der Waals surface area (Å²) in [6, 6.07) is 0. The van der Waals surface area contributed by atoms with Gasteiger partial charge in [-0.05, 0) is 6.42 Å². The normalized spacial score (nSPS) is 12.2. The van der Waals surface area contributed by atoms with Gasteiger partial charge in [0.25, 0.3) is 5.97 Å². The van der Waals surface area contributed by atoms with Crippen molar-refractivity contribution in [2.75, 3.05) is 13.2 Å². The van der Waals surface area contributed by atoms with Crippen LogP contribution in [-0.4, -0.2) is 47.8 Å². The second-order valence-electron chi connectivity index (χ2n) is 5.55. The van der Waals surface area contributed by atoms with Crippen LogP contribution in [0.4, 0.5) is 0 Å². The number of carbonyl (C=O) groups is 1. The van der Waals surface area contributed by atoms with Gasteiger partial charge in [-0.25, -0.2) is 0 Å². The Balaban J connectivity index is 3.38. The average molecular weight is 318 g/mol. The van der Waals surface area contributed by atoms with Crippen LogP contribution in [0.15, 0.2) is 0 Å². The van der Waals surface area contributed by atoms with Crippen molar-refractivity contribution in [3.63, 3.8) is 0 Å². The van der Waals surface area contributed by atoms with Gasteiger partial charge in [0.2, 0.25) is 0 Å². The highest BCUT2D eigenvalue weighted by Gasteiger charge is 2.22. The first kappa shape index (κ1) is 21.4. The third kappa shape index (κ3) is 14.3. The number of aliphatic hydroxyl groups excluding tert-OH is 2. The molecule has 0 fully saturated rings. The van der Waals surface area contributed by atoms with Gasteiger partial charge in [-0.3, -0.25) is 4.79 Å². The van der Waals surface area contributed by atoms with Crippen LogP contribution < -0.4 is 0 Å². The lowest BCUT2D eigenvalue weighted by Crippen LogP contribution is -2.31. The van der Waals surface area contributed by atoms with Crippen molar-refractivity contribution in [1.29, 1.82) is 0 Å². The van der Waals surface area contributed by atoms with E-state index in [4.69, 9.17) is 10.2 Å². The molecule has 0 amide bonds. The van der Waals surface area contributed by atoms with E-state index >= 15 is 0 Å². The predicted molar refractivity (Wildman–Crippen MR) is 85.0 cm³/mol. The molecular weight excluding hydrogens is 287 g/mol. The molecule has 0 spiro atoms. The summed E-state index contributed by atoms with van der Waals surface area (Å²) in [4.78, 5) is 11.4. The molecule has 0 radical (unpaired) electrons. The first-order valence-electron chi connectivity index (χ1n) is 8.38. The summed E-state index contributed by atoms with van der Waals surface area (Å²) < 4.78 is 9.28. The summed E-state index contributed by atoms with van der Waals surface area (Å²) in [5.41, 5.74) is 0. The van der Waals surface area contributed by atoms with Gasteiger partial charge < -0.3 is 24.5 Å². The fourth-order valence-electron chi connectivity index (χ4n) is 2.03. The third-order valence-electron chi connectivity index (χ3n) is 3.36. The maximum atomic E-state index is 11.4. The smallest absolute Gasteiger partial charge is 0.485 e. The van der Waals surface area contributed by atoms with Gasteiger partial charge in [0.15, 0.2) is 0 Å². The van der Waals surface area contributed by atoms with Crippen LogP contribution in [0.3, 0.4) is 0 Å². The van der Waals surface area contributed by atoms with Gasteiger partial charge in [-0.1, -0.05) is 58.3 Å². The Kier molecular flexibility index (Phi) is 14.8. The molecular formula is C15H31BO6. The Labute approximate surface area is 134 Å². The molecule has 0 aromatic carbocycles. The molecule has 3 N–H and O–H groups in total. The number of hydrogen-bond acceptors (Lipinski definition) is 6. The van der Waals surface area contributed by atoms with Crippen molar-refractivity contribution in [2.24, 2.45) is 0 Å². The summed E-state index contributed by atoms with van der Waals surface area (Å²) in [6.07, 6.45) is 9.61. The molecule has 0 bridgehead atoms. The van der Waals surface area contributed by atoms with Crippen LogP contribution in [0.25, 0.3) is 0 Å². The Hall–Kier alpha value is -0.625. The molecule has 1 atom stereocenters. The Bertz CT molecular complexity index is 264. The molecule has 0 aromatic heterocycles. The largest absolute Gasteiger partial charge is 0.712 e. The SMILES string of the molecule is CCCCCCCCCCCC(=O)OB(O)OCC(O)CO. The minimum atomic E-state index is -1.69. The molecule has 130 valence electrons. The van der Waals surface area contributed by atoms with Gasteiger partial charge in [0, 0.05) is 6.42 Å². The lowest BCUT2D eigenvalue weighted by molar-refractivity contribution is -0.137. The van der Waals surface area contributed by atoms with E-state index in [2.05, 4.69) is 16.2 Å². The van der Waals surface area contributed by atoms with Crippen LogP contribution in [0.2, 0.25) is 0 Å². The van der Waals surface area contributed by atoms with E-state index in [1.807, 2.05) is 0 Å².